The van der Waals surface area contributed by atoms with E-state index < -0.39 is 11.9 Å². The first-order valence-electron chi connectivity index (χ1n) is 11.3. The van der Waals surface area contributed by atoms with Crippen LogP contribution in [0.3, 0.4) is 0 Å². The summed E-state index contributed by atoms with van der Waals surface area (Å²) in [7, 11) is 0. The molecule has 0 saturated carbocycles. The van der Waals surface area contributed by atoms with Crippen LogP contribution in [0.25, 0.3) is 11.3 Å². The van der Waals surface area contributed by atoms with Gasteiger partial charge in [-0.2, -0.15) is 18.2 Å². The van der Waals surface area contributed by atoms with E-state index in [2.05, 4.69) is 48.0 Å². The number of aromatic amines is 1. The highest BCUT2D eigenvalue weighted by Gasteiger charge is 2.46. The number of nitrogens with two attached hydrogens (primary N) is 1. The number of rotatable bonds is 3. The Bertz CT molecular complexity index is 1400. The summed E-state index contributed by atoms with van der Waals surface area (Å²) in [6.45, 7) is 1.60. The molecular weight excluding hydrogens is 475 g/mol. The van der Waals surface area contributed by atoms with Gasteiger partial charge in [0.1, 0.15) is 5.03 Å². The van der Waals surface area contributed by atoms with Crippen molar-refractivity contribution in [1.29, 1.82) is 0 Å². The molecule has 6 rings (SSSR count). The average molecular weight is 498 g/mol. The monoisotopic (exact) mass is 497 g/mol. The molecule has 0 amide bonds. The first kappa shape index (κ1) is 22.3. The largest absolute Gasteiger partial charge is 0.434 e. The Kier molecular flexibility index (Phi) is 5.22. The number of H-pyrrole nitrogens is 1. The molecule has 4 aromatic rings. The number of pyridine rings is 1. The number of halogens is 3. The number of alkyl halides is 3. The normalized spacial score (nSPS) is 19.4. The molecule has 1 aliphatic carbocycles. The van der Waals surface area contributed by atoms with Gasteiger partial charge in [-0.05, 0) is 47.9 Å². The minimum atomic E-state index is -4.54. The number of nitrogens with zero attached hydrogens (tertiary/aromatic N) is 5. The maximum absolute atomic E-state index is 13.3. The lowest BCUT2D eigenvalue weighted by molar-refractivity contribution is -0.143. The first-order valence-corrected chi connectivity index (χ1v) is 12.2. The molecule has 180 valence electrons. The van der Waals surface area contributed by atoms with Crippen LogP contribution in [0.2, 0.25) is 0 Å². The number of hydrogen-bond donors (Lipinski definition) is 2. The van der Waals surface area contributed by atoms with Gasteiger partial charge in [0.05, 0.1) is 6.20 Å². The summed E-state index contributed by atoms with van der Waals surface area (Å²) in [6.07, 6.45) is 0.910. The van der Waals surface area contributed by atoms with Gasteiger partial charge in [0.25, 0.3) is 0 Å². The second-order valence-electron chi connectivity index (χ2n) is 9.09. The second kappa shape index (κ2) is 8.20. The zero-order valence-electron chi connectivity index (χ0n) is 18.6. The number of nitrogens with one attached hydrogen (secondary N) is 1. The minimum Gasteiger partial charge on any atom is -0.342 e. The van der Waals surface area contributed by atoms with Crippen LogP contribution in [0.15, 0.2) is 58.7 Å². The summed E-state index contributed by atoms with van der Waals surface area (Å²) >= 11 is 0.876. The van der Waals surface area contributed by atoms with Gasteiger partial charge in [0.2, 0.25) is 5.95 Å². The molecule has 1 atom stereocenters. The predicted molar refractivity (Wildman–Crippen MR) is 126 cm³/mol. The number of benzene rings is 1. The van der Waals surface area contributed by atoms with Crippen LogP contribution in [0.1, 0.15) is 35.7 Å². The molecule has 7 nitrogen and oxygen atoms in total. The third-order valence-electron chi connectivity index (χ3n) is 7.08. The minimum absolute atomic E-state index is 0.0244. The van der Waals surface area contributed by atoms with E-state index in [4.69, 9.17) is 5.73 Å². The van der Waals surface area contributed by atoms with Crippen LogP contribution >= 0.6 is 11.8 Å². The fraction of sp³-hybridized carbons (Fsp3) is 0.333. The third kappa shape index (κ3) is 3.92. The van der Waals surface area contributed by atoms with E-state index in [0.29, 0.717) is 22.3 Å². The van der Waals surface area contributed by atoms with Crippen molar-refractivity contribution in [1.82, 2.24) is 24.9 Å². The summed E-state index contributed by atoms with van der Waals surface area (Å²) in [5.41, 5.74) is 9.27. The van der Waals surface area contributed by atoms with Gasteiger partial charge in [-0.25, -0.2) is 9.97 Å². The molecule has 0 radical (unpaired) electrons. The highest BCUT2D eigenvalue weighted by molar-refractivity contribution is 7.99. The van der Waals surface area contributed by atoms with Crippen LogP contribution in [0.4, 0.5) is 19.1 Å². The average Bonchev–Trinajstić information content (AvgIpc) is 3.38. The standard InChI is InChI=1S/C24H22F3N7S/c25-24(26,27)19-16(6-3-9-29-19)35-17-13-30-20-21(31-17)33-22(32-20)34-10-7-23(8-11-34)12-14-4-1-2-5-15(14)18(23)28/h1-6,9,13,18H,7-8,10-12,28H2,(H,30,31,32,33)/t18-/m0/s1. The van der Waals surface area contributed by atoms with Crippen molar-refractivity contribution in [3.8, 4) is 0 Å². The van der Waals surface area contributed by atoms with Crippen molar-refractivity contribution in [2.45, 2.75) is 41.4 Å². The quantitative estimate of drug-likeness (QED) is 0.421. The van der Waals surface area contributed by atoms with E-state index >= 15 is 0 Å². The molecule has 1 spiro atoms. The number of piperidine rings is 1. The van der Waals surface area contributed by atoms with Crippen molar-refractivity contribution in [3.63, 3.8) is 0 Å². The van der Waals surface area contributed by atoms with E-state index in [1.807, 2.05) is 6.07 Å². The molecule has 1 fully saturated rings. The van der Waals surface area contributed by atoms with Crippen LogP contribution in [-0.4, -0.2) is 38.0 Å². The number of hydrogen-bond acceptors (Lipinski definition) is 7. The van der Waals surface area contributed by atoms with Gasteiger partial charge >= 0.3 is 6.18 Å². The summed E-state index contributed by atoms with van der Waals surface area (Å²) in [5, 5.41) is 0.332. The Balaban J connectivity index is 1.19. The maximum atomic E-state index is 13.3. The predicted octanol–water partition coefficient (Wildman–Crippen LogP) is 4.76. The molecular formula is C24H22F3N7S. The van der Waals surface area contributed by atoms with Gasteiger partial charge in [0.15, 0.2) is 17.0 Å². The van der Waals surface area contributed by atoms with E-state index in [0.717, 1.165) is 50.3 Å². The Morgan fingerprint density at radius 1 is 1.06 bits per heavy atom. The molecule has 11 heteroatoms. The van der Waals surface area contributed by atoms with Crippen molar-refractivity contribution < 1.29 is 13.2 Å². The molecule has 0 unspecified atom stereocenters. The van der Waals surface area contributed by atoms with Crippen LogP contribution in [0.5, 0.6) is 0 Å². The smallest absolute Gasteiger partial charge is 0.342 e. The maximum Gasteiger partial charge on any atom is 0.434 e. The second-order valence-corrected chi connectivity index (χ2v) is 10.2. The molecule has 0 bridgehead atoms. The zero-order valence-corrected chi connectivity index (χ0v) is 19.4. The molecule has 3 aromatic heterocycles. The van der Waals surface area contributed by atoms with Crippen molar-refractivity contribution in [2.75, 3.05) is 18.0 Å². The van der Waals surface area contributed by atoms with Crippen molar-refractivity contribution in [3.05, 3.63) is 65.6 Å². The van der Waals surface area contributed by atoms with E-state index in [9.17, 15) is 13.2 Å². The Morgan fingerprint density at radius 2 is 1.86 bits per heavy atom. The Morgan fingerprint density at radius 3 is 2.63 bits per heavy atom. The molecule has 3 N–H and O–H groups in total. The van der Waals surface area contributed by atoms with Gasteiger partial charge in [-0.3, -0.25) is 4.98 Å². The van der Waals surface area contributed by atoms with E-state index in [-0.39, 0.29) is 16.4 Å². The Labute approximate surface area is 203 Å². The van der Waals surface area contributed by atoms with Crippen molar-refractivity contribution >= 4 is 29.0 Å². The van der Waals surface area contributed by atoms with Crippen LogP contribution in [-0.2, 0) is 12.6 Å². The molecule has 1 aliphatic heterocycles. The molecule has 2 aliphatic rings. The molecule has 1 saturated heterocycles. The lowest BCUT2D eigenvalue weighted by Crippen LogP contribution is -2.44. The van der Waals surface area contributed by atoms with Crippen LogP contribution in [0, 0.1) is 5.41 Å². The summed E-state index contributed by atoms with van der Waals surface area (Å²) in [4.78, 5) is 22.2. The lowest BCUT2D eigenvalue weighted by atomic mass is 9.73. The highest BCUT2D eigenvalue weighted by Crippen LogP contribution is 2.50. The number of aromatic nitrogens is 5. The van der Waals surface area contributed by atoms with E-state index in [1.165, 1.54) is 29.5 Å². The van der Waals surface area contributed by atoms with E-state index in [1.54, 1.807) is 0 Å². The summed E-state index contributed by atoms with van der Waals surface area (Å²) in [6, 6.07) is 11.3. The Hall–Kier alpha value is -3.18. The SMILES string of the molecule is N[C@H]1c2ccccc2CC12CCN(c1nc3ncc(Sc4cccnc4C(F)(F)F)nc3[nH]1)CC2. The lowest BCUT2D eigenvalue weighted by Gasteiger charge is -2.42. The van der Waals surface area contributed by atoms with Crippen molar-refractivity contribution in [2.24, 2.45) is 11.1 Å². The van der Waals surface area contributed by atoms with Crippen LogP contribution < -0.4 is 10.6 Å². The fourth-order valence-corrected chi connectivity index (χ4v) is 6.11. The summed E-state index contributed by atoms with van der Waals surface area (Å²) < 4.78 is 39.8. The zero-order chi connectivity index (χ0) is 24.2. The van der Waals surface area contributed by atoms with Gasteiger partial charge in [0, 0.05) is 30.2 Å². The third-order valence-corrected chi connectivity index (χ3v) is 8.03. The molecule has 35 heavy (non-hydrogen) atoms. The first-order chi connectivity index (χ1) is 16.8. The fourth-order valence-electron chi connectivity index (χ4n) is 5.23. The topological polar surface area (TPSA) is 96.6 Å². The van der Waals surface area contributed by atoms with Gasteiger partial charge < -0.3 is 15.6 Å². The summed E-state index contributed by atoms with van der Waals surface area (Å²) in [5.74, 6) is 0.665. The number of imidazole rings is 1. The van der Waals surface area contributed by atoms with Gasteiger partial charge in [-0.1, -0.05) is 36.0 Å². The van der Waals surface area contributed by atoms with Gasteiger partial charge in [-0.15, -0.1) is 0 Å². The number of anilines is 1. The molecule has 1 aromatic carbocycles. The molecule has 4 heterocycles. The number of fused-ring (bicyclic) bond motifs is 2. The highest BCUT2D eigenvalue weighted by atomic mass is 32.2.